The lowest BCUT2D eigenvalue weighted by Gasteiger charge is -2.59. The van der Waals surface area contributed by atoms with Crippen molar-refractivity contribution in [3.63, 3.8) is 0 Å². The Balaban J connectivity index is 1.61. The molecule has 3 aliphatic heterocycles. The number of hydrogen-bond donors (Lipinski definition) is 0. The van der Waals surface area contributed by atoms with Crippen molar-refractivity contribution in [2.24, 2.45) is 5.41 Å². The number of amides is 1. The summed E-state index contributed by atoms with van der Waals surface area (Å²) in [5, 5.41) is 0. The van der Waals surface area contributed by atoms with E-state index in [0.29, 0.717) is 31.3 Å². The van der Waals surface area contributed by atoms with E-state index in [9.17, 15) is 13.2 Å². The number of likely N-dealkylation sites (tertiary alicyclic amines) is 1. The van der Waals surface area contributed by atoms with Gasteiger partial charge in [-0.1, -0.05) is 13.8 Å². The molecule has 4 rings (SSSR count). The van der Waals surface area contributed by atoms with Crippen LogP contribution in [0.25, 0.3) is 0 Å². The van der Waals surface area contributed by atoms with E-state index in [1.54, 1.807) is 4.31 Å². The van der Waals surface area contributed by atoms with E-state index in [1.807, 2.05) is 4.90 Å². The third-order valence-electron chi connectivity index (χ3n) is 7.13. The Morgan fingerprint density at radius 3 is 2.17 bits per heavy atom. The predicted molar refractivity (Wildman–Crippen MR) is 88.4 cm³/mol. The molecule has 23 heavy (non-hydrogen) atoms. The molecule has 2 unspecified atom stereocenters. The Hall–Kier alpha value is -0.620. The zero-order chi connectivity index (χ0) is 16.5. The van der Waals surface area contributed by atoms with Gasteiger partial charge in [0.1, 0.15) is 0 Å². The SMILES string of the molecule is CC1(C)CCC2(CCN2C(=O)C23CCCN(CC2)S3(=O)=O)CC1. The van der Waals surface area contributed by atoms with Gasteiger partial charge in [0, 0.05) is 25.2 Å². The molecule has 3 saturated heterocycles. The molecule has 1 amide bonds. The van der Waals surface area contributed by atoms with Crippen molar-refractivity contribution in [1.82, 2.24) is 9.21 Å². The Morgan fingerprint density at radius 1 is 0.870 bits per heavy atom. The summed E-state index contributed by atoms with van der Waals surface area (Å²) in [5.41, 5.74) is 0.316. The van der Waals surface area contributed by atoms with Gasteiger partial charge in [0.2, 0.25) is 15.9 Å². The van der Waals surface area contributed by atoms with Crippen LogP contribution in [0.4, 0.5) is 0 Å². The summed E-state index contributed by atoms with van der Waals surface area (Å²) < 4.78 is 26.1. The summed E-state index contributed by atoms with van der Waals surface area (Å²) in [7, 11) is -3.45. The Morgan fingerprint density at radius 2 is 1.57 bits per heavy atom. The summed E-state index contributed by atoms with van der Waals surface area (Å²) in [5.74, 6) is -0.0781. The molecule has 1 spiro atoms. The maximum Gasteiger partial charge on any atom is 0.245 e. The Kier molecular flexibility index (Phi) is 3.26. The van der Waals surface area contributed by atoms with E-state index in [0.717, 1.165) is 45.1 Å². The van der Waals surface area contributed by atoms with Crippen LogP contribution in [0.2, 0.25) is 0 Å². The second kappa shape index (κ2) is 4.72. The standard InChI is InChI=1S/C17H28N2O3S/c1-15(2)5-7-16(8-6-15)9-13-19(16)14(20)17-4-3-11-18(12-10-17)23(17,21)22/h3-13H2,1-2H3. The van der Waals surface area contributed by atoms with Gasteiger partial charge in [-0.15, -0.1) is 0 Å². The topological polar surface area (TPSA) is 57.7 Å². The fourth-order valence-corrected chi connectivity index (χ4v) is 7.45. The molecule has 0 radical (unpaired) electrons. The summed E-state index contributed by atoms with van der Waals surface area (Å²) in [4.78, 5) is 15.3. The number of nitrogens with zero attached hydrogens (tertiary/aromatic N) is 2. The first-order valence-electron chi connectivity index (χ1n) is 9.04. The first-order valence-corrected chi connectivity index (χ1v) is 10.5. The number of rotatable bonds is 1. The van der Waals surface area contributed by atoms with Crippen molar-refractivity contribution in [2.75, 3.05) is 19.6 Å². The van der Waals surface area contributed by atoms with Crippen molar-refractivity contribution in [2.45, 2.75) is 75.5 Å². The second-order valence-corrected chi connectivity index (χ2v) is 11.1. The summed E-state index contributed by atoms with van der Waals surface area (Å²) >= 11 is 0. The highest BCUT2D eigenvalue weighted by molar-refractivity contribution is 7.91. The molecule has 0 aromatic rings. The lowest BCUT2D eigenvalue weighted by Crippen LogP contribution is -2.69. The molecule has 3 heterocycles. The van der Waals surface area contributed by atoms with Crippen molar-refractivity contribution in [3.05, 3.63) is 0 Å². The van der Waals surface area contributed by atoms with Gasteiger partial charge >= 0.3 is 0 Å². The van der Waals surface area contributed by atoms with Crippen molar-refractivity contribution >= 4 is 15.9 Å². The molecule has 4 fully saturated rings. The zero-order valence-electron chi connectivity index (χ0n) is 14.3. The third-order valence-corrected chi connectivity index (χ3v) is 9.74. The van der Waals surface area contributed by atoms with E-state index in [-0.39, 0.29) is 11.4 Å². The smallest absolute Gasteiger partial charge is 0.245 e. The van der Waals surface area contributed by atoms with Crippen LogP contribution in [-0.2, 0) is 14.8 Å². The van der Waals surface area contributed by atoms with Crippen molar-refractivity contribution < 1.29 is 13.2 Å². The van der Waals surface area contributed by atoms with Gasteiger partial charge in [-0.2, -0.15) is 0 Å². The Labute approximate surface area is 139 Å². The number of carbonyl (C=O) groups is 1. The van der Waals surface area contributed by atoms with Crippen LogP contribution in [0.5, 0.6) is 0 Å². The fraction of sp³-hybridized carbons (Fsp3) is 0.941. The van der Waals surface area contributed by atoms with E-state index in [1.165, 1.54) is 0 Å². The minimum Gasteiger partial charge on any atom is -0.335 e. The lowest BCUT2D eigenvalue weighted by atomic mass is 9.64. The quantitative estimate of drug-likeness (QED) is 0.735. The van der Waals surface area contributed by atoms with Gasteiger partial charge in [0.15, 0.2) is 4.75 Å². The first-order chi connectivity index (χ1) is 10.7. The van der Waals surface area contributed by atoms with Crippen LogP contribution < -0.4 is 0 Å². The molecule has 5 nitrogen and oxygen atoms in total. The number of carbonyl (C=O) groups excluding carboxylic acids is 1. The second-order valence-electron chi connectivity index (χ2n) is 8.85. The molecule has 6 heteroatoms. The average Bonchev–Trinajstić information content (AvgIpc) is 2.65. The largest absolute Gasteiger partial charge is 0.335 e. The number of hydrogen-bond acceptors (Lipinski definition) is 3. The fourth-order valence-electron chi connectivity index (χ4n) is 5.17. The molecule has 2 bridgehead atoms. The lowest BCUT2D eigenvalue weighted by molar-refractivity contribution is -0.156. The summed E-state index contributed by atoms with van der Waals surface area (Å²) in [6, 6.07) is 0. The van der Waals surface area contributed by atoms with E-state index < -0.39 is 14.8 Å². The third kappa shape index (κ3) is 2.00. The van der Waals surface area contributed by atoms with E-state index in [4.69, 9.17) is 0 Å². The minimum absolute atomic E-state index is 0.0399. The predicted octanol–water partition coefficient (Wildman–Crippen LogP) is 2.13. The van der Waals surface area contributed by atoms with Crippen molar-refractivity contribution in [1.29, 1.82) is 0 Å². The van der Waals surface area contributed by atoms with Gasteiger partial charge in [-0.3, -0.25) is 4.79 Å². The number of sulfonamides is 1. The maximum absolute atomic E-state index is 13.3. The molecule has 4 aliphatic rings. The van der Waals surface area contributed by atoms with Crippen LogP contribution in [0.1, 0.15) is 65.2 Å². The molecule has 0 aromatic carbocycles. The van der Waals surface area contributed by atoms with Gasteiger partial charge < -0.3 is 4.90 Å². The molecule has 130 valence electrons. The summed E-state index contributed by atoms with van der Waals surface area (Å²) in [6.45, 7) is 6.46. The van der Waals surface area contributed by atoms with Crippen LogP contribution in [-0.4, -0.2) is 53.5 Å². The van der Waals surface area contributed by atoms with Gasteiger partial charge in [0.25, 0.3) is 0 Å². The minimum atomic E-state index is -3.45. The Bertz CT molecular complexity index is 628. The average molecular weight is 340 g/mol. The zero-order valence-corrected chi connectivity index (χ0v) is 15.1. The molecule has 1 saturated carbocycles. The first kappa shape index (κ1) is 15.9. The number of fused-ring (bicyclic) bond motifs is 2. The van der Waals surface area contributed by atoms with Gasteiger partial charge in [0.05, 0.1) is 0 Å². The van der Waals surface area contributed by atoms with E-state index >= 15 is 0 Å². The van der Waals surface area contributed by atoms with Crippen LogP contribution in [0.3, 0.4) is 0 Å². The van der Waals surface area contributed by atoms with Crippen molar-refractivity contribution in [3.8, 4) is 0 Å². The van der Waals surface area contributed by atoms with E-state index in [2.05, 4.69) is 13.8 Å². The molecular weight excluding hydrogens is 312 g/mol. The molecule has 0 N–H and O–H groups in total. The maximum atomic E-state index is 13.3. The van der Waals surface area contributed by atoms with Gasteiger partial charge in [-0.05, 0) is 56.8 Å². The summed E-state index contributed by atoms with van der Waals surface area (Å²) in [6.07, 6.45) is 7.20. The van der Waals surface area contributed by atoms with Crippen LogP contribution >= 0.6 is 0 Å². The molecule has 1 aliphatic carbocycles. The highest BCUT2D eigenvalue weighted by Gasteiger charge is 2.64. The molecular formula is C17H28N2O3S. The monoisotopic (exact) mass is 340 g/mol. The highest BCUT2D eigenvalue weighted by Crippen LogP contribution is 2.52. The van der Waals surface area contributed by atoms with Crippen LogP contribution in [0, 0.1) is 5.41 Å². The molecule has 0 aromatic heterocycles. The highest BCUT2D eigenvalue weighted by atomic mass is 32.2. The van der Waals surface area contributed by atoms with Gasteiger partial charge in [-0.25, -0.2) is 12.7 Å². The normalized spacial score (nSPS) is 39.9. The molecule has 2 atom stereocenters. The van der Waals surface area contributed by atoms with Crippen LogP contribution in [0.15, 0.2) is 0 Å².